The van der Waals surface area contributed by atoms with Crippen molar-refractivity contribution < 1.29 is 19.0 Å². The Kier molecular flexibility index (Phi) is 9.65. The van der Waals surface area contributed by atoms with E-state index in [-0.39, 0.29) is 5.97 Å². The van der Waals surface area contributed by atoms with Gasteiger partial charge in [-0.2, -0.15) is 0 Å². The first-order valence-corrected chi connectivity index (χ1v) is 13.0. The Labute approximate surface area is 158 Å². The van der Waals surface area contributed by atoms with Gasteiger partial charge in [-0.3, -0.25) is 4.79 Å². The second-order valence-electron chi connectivity index (χ2n) is 7.42. The first kappa shape index (κ1) is 22.4. The Morgan fingerprint density at radius 1 is 1.35 bits per heavy atom. The second kappa shape index (κ2) is 11.2. The molecule has 0 aliphatic heterocycles. The third kappa shape index (κ3) is 8.67. The summed E-state index contributed by atoms with van der Waals surface area (Å²) in [5.74, 6) is 1.15. The van der Waals surface area contributed by atoms with Crippen molar-refractivity contribution in [2.24, 2.45) is 0 Å². The quantitative estimate of drug-likeness (QED) is 0.230. The molecule has 6 nitrogen and oxygen atoms in total. The molecule has 1 rings (SSSR count). The standard InChI is InChI=1S/C19H34N2O4Si/c1-7-9-17(24-8-2)14-18(25-16(3)22)19-20-10-11-21(19)15-23-12-13-26(4,5)6/h9-11,18H,7-8,12-15H2,1-6H3/b17-9+. The zero-order valence-corrected chi connectivity index (χ0v) is 18.1. The van der Waals surface area contributed by atoms with Crippen LogP contribution >= 0.6 is 0 Å². The summed E-state index contributed by atoms with van der Waals surface area (Å²) in [6, 6.07) is 1.11. The summed E-state index contributed by atoms with van der Waals surface area (Å²) in [5.41, 5.74) is 0. The number of aromatic nitrogens is 2. The van der Waals surface area contributed by atoms with Gasteiger partial charge < -0.3 is 18.8 Å². The van der Waals surface area contributed by atoms with E-state index in [1.807, 2.05) is 30.7 Å². The summed E-state index contributed by atoms with van der Waals surface area (Å²) in [4.78, 5) is 16.0. The molecule has 7 heteroatoms. The van der Waals surface area contributed by atoms with Gasteiger partial charge in [0.05, 0.1) is 12.4 Å². The van der Waals surface area contributed by atoms with Crippen molar-refractivity contribution in [3.05, 3.63) is 30.1 Å². The molecule has 0 amide bonds. The highest BCUT2D eigenvalue weighted by Crippen LogP contribution is 2.25. The van der Waals surface area contributed by atoms with Gasteiger partial charge in [-0.25, -0.2) is 4.98 Å². The van der Waals surface area contributed by atoms with Gasteiger partial charge in [0.15, 0.2) is 11.9 Å². The van der Waals surface area contributed by atoms with E-state index in [0.717, 1.165) is 24.8 Å². The highest BCUT2D eigenvalue weighted by Gasteiger charge is 2.23. The summed E-state index contributed by atoms with van der Waals surface area (Å²) in [7, 11) is -1.12. The van der Waals surface area contributed by atoms with Gasteiger partial charge >= 0.3 is 5.97 Å². The monoisotopic (exact) mass is 382 g/mol. The van der Waals surface area contributed by atoms with Crippen LogP contribution in [0.5, 0.6) is 0 Å². The number of ether oxygens (including phenoxy) is 3. The van der Waals surface area contributed by atoms with Crippen molar-refractivity contribution in [1.82, 2.24) is 9.55 Å². The van der Waals surface area contributed by atoms with Crippen molar-refractivity contribution >= 4 is 14.0 Å². The molecule has 0 spiro atoms. The Balaban J connectivity index is 2.83. The number of imidazole rings is 1. The molecule has 0 aliphatic carbocycles. The topological polar surface area (TPSA) is 62.6 Å². The van der Waals surface area contributed by atoms with E-state index >= 15 is 0 Å². The largest absolute Gasteiger partial charge is 0.498 e. The minimum Gasteiger partial charge on any atom is -0.498 e. The fraction of sp³-hybridized carbons (Fsp3) is 0.684. The molecule has 148 valence electrons. The van der Waals surface area contributed by atoms with Gasteiger partial charge in [0.1, 0.15) is 6.73 Å². The van der Waals surface area contributed by atoms with Crippen molar-refractivity contribution in [2.45, 2.75) is 72.1 Å². The van der Waals surface area contributed by atoms with Crippen LogP contribution in [0, 0.1) is 0 Å². The average Bonchev–Trinajstić information content (AvgIpc) is 2.98. The van der Waals surface area contributed by atoms with Crippen molar-refractivity contribution in [2.75, 3.05) is 13.2 Å². The molecular weight excluding hydrogens is 348 g/mol. The summed E-state index contributed by atoms with van der Waals surface area (Å²) >= 11 is 0. The van der Waals surface area contributed by atoms with Crippen LogP contribution in [0.2, 0.25) is 25.7 Å². The number of esters is 1. The van der Waals surface area contributed by atoms with E-state index in [0.29, 0.717) is 25.6 Å². The number of allylic oxidation sites excluding steroid dienone is 1. The van der Waals surface area contributed by atoms with Crippen LogP contribution < -0.4 is 0 Å². The normalized spacial score (nSPS) is 13.5. The van der Waals surface area contributed by atoms with E-state index in [1.54, 1.807) is 6.20 Å². The number of hydrogen-bond acceptors (Lipinski definition) is 5. The molecule has 1 heterocycles. The van der Waals surface area contributed by atoms with Crippen LogP contribution in [0.4, 0.5) is 0 Å². The molecule has 0 saturated heterocycles. The van der Waals surface area contributed by atoms with Gasteiger partial charge in [0.25, 0.3) is 0 Å². The SMILES string of the molecule is CC/C=C(\CC(OC(C)=O)c1nccn1COCC[Si](C)(C)C)OCC. The maximum absolute atomic E-state index is 11.6. The molecule has 0 bridgehead atoms. The molecule has 26 heavy (non-hydrogen) atoms. The summed E-state index contributed by atoms with van der Waals surface area (Å²) in [6.45, 7) is 14.1. The fourth-order valence-corrected chi connectivity index (χ4v) is 3.20. The van der Waals surface area contributed by atoms with E-state index in [4.69, 9.17) is 14.2 Å². The molecule has 1 unspecified atom stereocenters. The zero-order chi connectivity index (χ0) is 19.6. The third-order valence-electron chi connectivity index (χ3n) is 3.72. The van der Waals surface area contributed by atoms with Crippen molar-refractivity contribution in [1.29, 1.82) is 0 Å². The number of nitrogens with zero attached hydrogens (tertiary/aromatic N) is 2. The van der Waals surface area contributed by atoms with Gasteiger partial charge in [-0.15, -0.1) is 0 Å². The minimum absolute atomic E-state index is 0.337. The maximum Gasteiger partial charge on any atom is 0.303 e. The number of hydrogen-bond donors (Lipinski definition) is 0. The number of carbonyl (C=O) groups excluding carboxylic acids is 1. The molecule has 0 radical (unpaired) electrons. The molecule has 0 saturated carbocycles. The maximum atomic E-state index is 11.6. The van der Waals surface area contributed by atoms with Crippen LogP contribution in [-0.2, 0) is 25.7 Å². The molecule has 1 aromatic heterocycles. The predicted octanol–water partition coefficient (Wildman–Crippen LogP) is 4.52. The van der Waals surface area contributed by atoms with Crippen LogP contribution in [0.15, 0.2) is 24.2 Å². The van der Waals surface area contributed by atoms with Crippen molar-refractivity contribution in [3.8, 4) is 0 Å². The van der Waals surface area contributed by atoms with E-state index in [2.05, 4.69) is 24.6 Å². The van der Waals surface area contributed by atoms with Gasteiger partial charge in [-0.1, -0.05) is 26.6 Å². The number of carbonyl (C=O) groups is 1. The molecule has 1 aromatic rings. The molecule has 0 N–H and O–H groups in total. The summed E-state index contributed by atoms with van der Waals surface area (Å²) < 4.78 is 18.9. The minimum atomic E-state index is -1.12. The highest BCUT2D eigenvalue weighted by molar-refractivity contribution is 6.76. The predicted molar refractivity (Wildman–Crippen MR) is 105 cm³/mol. The third-order valence-corrected chi connectivity index (χ3v) is 5.42. The first-order valence-electron chi connectivity index (χ1n) is 9.34. The van der Waals surface area contributed by atoms with Crippen LogP contribution in [0.1, 0.15) is 45.5 Å². The summed E-state index contributed by atoms with van der Waals surface area (Å²) in [6.07, 6.45) is 6.40. The van der Waals surface area contributed by atoms with Gasteiger partial charge in [0.2, 0.25) is 0 Å². The molecular formula is C19H34N2O4Si. The average molecular weight is 383 g/mol. The van der Waals surface area contributed by atoms with Crippen LogP contribution in [0.3, 0.4) is 0 Å². The molecule has 0 aliphatic rings. The lowest BCUT2D eigenvalue weighted by molar-refractivity contribution is -0.147. The van der Waals surface area contributed by atoms with Gasteiger partial charge in [-0.05, 0) is 25.5 Å². The Hall–Kier alpha value is -1.60. The number of rotatable bonds is 12. The zero-order valence-electron chi connectivity index (χ0n) is 17.1. The lowest BCUT2D eigenvalue weighted by Crippen LogP contribution is -2.22. The lowest BCUT2D eigenvalue weighted by atomic mass is 10.2. The molecule has 0 fully saturated rings. The van der Waals surface area contributed by atoms with Crippen molar-refractivity contribution in [3.63, 3.8) is 0 Å². The van der Waals surface area contributed by atoms with Gasteiger partial charge in [0, 0.05) is 40.4 Å². The Bertz CT molecular complexity index is 578. The lowest BCUT2D eigenvalue weighted by Gasteiger charge is -2.20. The molecule has 1 atom stereocenters. The fourth-order valence-electron chi connectivity index (χ4n) is 2.44. The Morgan fingerprint density at radius 3 is 2.65 bits per heavy atom. The molecule has 0 aromatic carbocycles. The van der Waals surface area contributed by atoms with E-state index in [9.17, 15) is 4.79 Å². The van der Waals surface area contributed by atoms with Crippen LogP contribution in [0.25, 0.3) is 0 Å². The summed E-state index contributed by atoms with van der Waals surface area (Å²) in [5, 5.41) is 0. The smallest absolute Gasteiger partial charge is 0.303 e. The Morgan fingerprint density at radius 2 is 2.08 bits per heavy atom. The first-order chi connectivity index (χ1) is 12.3. The highest BCUT2D eigenvalue weighted by atomic mass is 28.3. The van der Waals surface area contributed by atoms with E-state index in [1.165, 1.54) is 6.92 Å². The van der Waals surface area contributed by atoms with E-state index < -0.39 is 14.2 Å². The van der Waals surface area contributed by atoms with Crippen LogP contribution in [-0.4, -0.2) is 36.8 Å². The second-order valence-corrected chi connectivity index (χ2v) is 13.0.